The number of hydrogen-bond donors (Lipinski definition) is 2. The van der Waals surface area contributed by atoms with Crippen LogP contribution >= 0.6 is 11.8 Å². The summed E-state index contributed by atoms with van der Waals surface area (Å²) in [6.07, 6.45) is 7.15. The predicted octanol–water partition coefficient (Wildman–Crippen LogP) is 3.03. The molecular formula is C13H24N4S. The zero-order valence-electron chi connectivity index (χ0n) is 11.6. The normalized spacial score (nSPS) is 10.4. The van der Waals surface area contributed by atoms with Crippen molar-refractivity contribution in [2.75, 3.05) is 35.7 Å². The maximum absolute atomic E-state index is 4.34. The Kier molecular flexibility index (Phi) is 7.57. The minimum atomic E-state index is 0.886. The van der Waals surface area contributed by atoms with Gasteiger partial charge in [-0.2, -0.15) is 11.8 Å². The lowest BCUT2D eigenvalue weighted by Gasteiger charge is -2.13. The van der Waals surface area contributed by atoms with E-state index in [1.807, 2.05) is 11.8 Å². The van der Waals surface area contributed by atoms with Crippen molar-refractivity contribution in [3.05, 3.63) is 11.9 Å². The van der Waals surface area contributed by atoms with Crippen molar-refractivity contribution in [3.63, 3.8) is 0 Å². The number of hydrogen-bond acceptors (Lipinski definition) is 5. The molecule has 5 heteroatoms. The predicted molar refractivity (Wildman–Crippen MR) is 81.7 cm³/mol. The van der Waals surface area contributed by atoms with E-state index < -0.39 is 0 Å². The molecule has 1 aromatic heterocycles. The molecular weight excluding hydrogens is 244 g/mol. The van der Waals surface area contributed by atoms with Crippen molar-refractivity contribution in [1.82, 2.24) is 9.97 Å². The van der Waals surface area contributed by atoms with E-state index >= 15 is 0 Å². The van der Waals surface area contributed by atoms with Crippen LogP contribution in [0.4, 0.5) is 11.6 Å². The van der Waals surface area contributed by atoms with Gasteiger partial charge in [0.15, 0.2) is 0 Å². The zero-order valence-corrected chi connectivity index (χ0v) is 12.4. The minimum Gasteiger partial charge on any atom is -0.370 e. The maximum atomic E-state index is 4.34. The first-order valence-electron chi connectivity index (χ1n) is 6.64. The van der Waals surface area contributed by atoms with Gasteiger partial charge in [-0.1, -0.05) is 6.92 Å². The van der Waals surface area contributed by atoms with Crippen LogP contribution in [0.1, 0.15) is 32.3 Å². The number of unbranched alkanes of at least 4 members (excludes halogenated alkanes) is 1. The van der Waals surface area contributed by atoms with Crippen molar-refractivity contribution in [3.8, 4) is 0 Å². The first-order valence-corrected chi connectivity index (χ1v) is 8.03. The van der Waals surface area contributed by atoms with E-state index in [2.05, 4.69) is 40.7 Å². The third-order valence-corrected chi connectivity index (χ3v) is 3.41. The fourth-order valence-corrected chi connectivity index (χ4v) is 2.29. The molecule has 0 amide bonds. The molecule has 0 atom stereocenters. The van der Waals surface area contributed by atoms with Gasteiger partial charge in [0, 0.05) is 18.7 Å². The molecule has 0 unspecified atom stereocenters. The van der Waals surface area contributed by atoms with Gasteiger partial charge in [-0.15, -0.1) is 0 Å². The summed E-state index contributed by atoms with van der Waals surface area (Å²) in [6, 6.07) is 0. The van der Waals surface area contributed by atoms with E-state index in [0.717, 1.165) is 31.1 Å². The first-order chi connectivity index (χ1) is 8.83. The van der Waals surface area contributed by atoms with Crippen LogP contribution in [0.3, 0.4) is 0 Å². The number of nitrogens with zero attached hydrogens (tertiary/aromatic N) is 2. The van der Waals surface area contributed by atoms with Crippen molar-refractivity contribution < 1.29 is 0 Å². The quantitative estimate of drug-likeness (QED) is 0.674. The standard InChI is InChI=1S/C13H24N4S/c1-4-11-12(14-5-2)16-10-17-13(11)15-8-6-7-9-18-3/h10H,4-9H2,1-3H3,(H2,14,15,16,17). The van der Waals surface area contributed by atoms with E-state index in [0.29, 0.717) is 0 Å². The summed E-state index contributed by atoms with van der Waals surface area (Å²) in [5.74, 6) is 3.17. The SMILES string of the molecule is CCNc1ncnc(NCCCCSC)c1CC. The summed E-state index contributed by atoms with van der Waals surface area (Å²) < 4.78 is 0. The Balaban J connectivity index is 2.55. The summed E-state index contributed by atoms with van der Waals surface area (Å²) in [4.78, 5) is 8.63. The Morgan fingerprint density at radius 1 is 1.11 bits per heavy atom. The van der Waals surface area contributed by atoms with E-state index in [-0.39, 0.29) is 0 Å². The second kappa shape index (κ2) is 9.03. The van der Waals surface area contributed by atoms with E-state index in [1.54, 1.807) is 6.33 Å². The second-order valence-electron chi connectivity index (χ2n) is 4.06. The van der Waals surface area contributed by atoms with Crippen LogP contribution in [0.15, 0.2) is 6.33 Å². The van der Waals surface area contributed by atoms with Crippen molar-refractivity contribution in [2.24, 2.45) is 0 Å². The first kappa shape index (κ1) is 15.1. The molecule has 0 aliphatic rings. The molecule has 0 bridgehead atoms. The van der Waals surface area contributed by atoms with E-state index in [9.17, 15) is 0 Å². The Hall–Kier alpha value is -0.970. The molecule has 0 aliphatic heterocycles. The van der Waals surface area contributed by atoms with Crippen LogP contribution in [-0.2, 0) is 6.42 Å². The van der Waals surface area contributed by atoms with Gasteiger partial charge in [0.05, 0.1) is 0 Å². The largest absolute Gasteiger partial charge is 0.370 e. The van der Waals surface area contributed by atoms with Crippen molar-refractivity contribution >= 4 is 23.4 Å². The molecule has 0 fully saturated rings. The molecule has 1 rings (SSSR count). The van der Waals surface area contributed by atoms with E-state index in [1.165, 1.54) is 24.2 Å². The third-order valence-electron chi connectivity index (χ3n) is 2.71. The molecule has 0 aromatic carbocycles. The highest BCUT2D eigenvalue weighted by molar-refractivity contribution is 7.98. The Morgan fingerprint density at radius 2 is 1.83 bits per heavy atom. The van der Waals surface area contributed by atoms with Crippen LogP contribution in [-0.4, -0.2) is 35.1 Å². The summed E-state index contributed by atoms with van der Waals surface area (Å²) >= 11 is 1.90. The molecule has 4 nitrogen and oxygen atoms in total. The third kappa shape index (κ3) is 4.72. The fraction of sp³-hybridized carbons (Fsp3) is 0.692. The minimum absolute atomic E-state index is 0.886. The number of anilines is 2. The van der Waals surface area contributed by atoms with Crippen LogP contribution in [0.5, 0.6) is 0 Å². The molecule has 0 aliphatic carbocycles. The lowest BCUT2D eigenvalue weighted by molar-refractivity contribution is 0.836. The number of nitrogens with one attached hydrogen (secondary N) is 2. The summed E-state index contributed by atoms with van der Waals surface area (Å²) in [6.45, 7) is 6.09. The highest BCUT2D eigenvalue weighted by Gasteiger charge is 2.08. The maximum Gasteiger partial charge on any atom is 0.134 e. The summed E-state index contributed by atoms with van der Waals surface area (Å²) in [5, 5.41) is 6.71. The topological polar surface area (TPSA) is 49.8 Å². The lowest BCUT2D eigenvalue weighted by atomic mass is 10.2. The van der Waals surface area contributed by atoms with Crippen LogP contribution in [0.25, 0.3) is 0 Å². The van der Waals surface area contributed by atoms with Gasteiger partial charge in [-0.25, -0.2) is 9.97 Å². The van der Waals surface area contributed by atoms with E-state index in [4.69, 9.17) is 0 Å². The number of rotatable bonds is 9. The molecule has 18 heavy (non-hydrogen) atoms. The van der Waals surface area contributed by atoms with Gasteiger partial charge in [0.2, 0.25) is 0 Å². The van der Waals surface area contributed by atoms with Gasteiger partial charge in [-0.3, -0.25) is 0 Å². The number of aromatic nitrogens is 2. The van der Waals surface area contributed by atoms with Crippen LogP contribution in [0, 0.1) is 0 Å². The van der Waals surface area contributed by atoms with Crippen molar-refractivity contribution in [2.45, 2.75) is 33.1 Å². The molecule has 1 heterocycles. The summed E-state index contributed by atoms with van der Waals surface area (Å²) in [7, 11) is 0. The molecule has 2 N–H and O–H groups in total. The molecule has 1 aromatic rings. The molecule has 102 valence electrons. The highest BCUT2D eigenvalue weighted by Crippen LogP contribution is 2.20. The van der Waals surface area contributed by atoms with Gasteiger partial charge >= 0.3 is 0 Å². The number of thioether (sulfide) groups is 1. The van der Waals surface area contributed by atoms with Crippen LogP contribution in [0.2, 0.25) is 0 Å². The molecule has 0 saturated carbocycles. The average molecular weight is 268 g/mol. The van der Waals surface area contributed by atoms with Crippen molar-refractivity contribution in [1.29, 1.82) is 0 Å². The van der Waals surface area contributed by atoms with Gasteiger partial charge in [-0.05, 0) is 38.2 Å². The van der Waals surface area contributed by atoms with Gasteiger partial charge < -0.3 is 10.6 Å². The zero-order chi connectivity index (χ0) is 13.2. The average Bonchev–Trinajstić information content (AvgIpc) is 2.39. The smallest absolute Gasteiger partial charge is 0.134 e. The second-order valence-corrected chi connectivity index (χ2v) is 5.05. The van der Waals surface area contributed by atoms with Gasteiger partial charge in [0.1, 0.15) is 18.0 Å². The molecule has 0 saturated heterocycles. The molecule has 0 radical (unpaired) electrons. The summed E-state index contributed by atoms with van der Waals surface area (Å²) in [5.41, 5.74) is 1.18. The monoisotopic (exact) mass is 268 g/mol. The Bertz CT molecular complexity index is 344. The van der Waals surface area contributed by atoms with Crippen LogP contribution < -0.4 is 10.6 Å². The molecule has 0 spiro atoms. The van der Waals surface area contributed by atoms with Gasteiger partial charge in [0.25, 0.3) is 0 Å². The Labute approximate surface area is 114 Å². The Morgan fingerprint density at radius 3 is 2.44 bits per heavy atom. The fourth-order valence-electron chi connectivity index (χ4n) is 1.80. The highest BCUT2D eigenvalue weighted by atomic mass is 32.2. The lowest BCUT2D eigenvalue weighted by Crippen LogP contribution is -2.10.